The van der Waals surface area contributed by atoms with Crippen molar-refractivity contribution in [3.63, 3.8) is 0 Å². The molecule has 1 aliphatic heterocycles. The molecule has 0 aromatic heterocycles. The summed E-state index contributed by atoms with van der Waals surface area (Å²) in [7, 11) is 0. The van der Waals surface area contributed by atoms with E-state index in [1.54, 1.807) is 30.3 Å². The highest BCUT2D eigenvalue weighted by atomic mass is 35.5. The predicted octanol–water partition coefficient (Wildman–Crippen LogP) is 6.01. The number of carbonyl (C=O) groups is 2. The molecule has 0 atom stereocenters. The molecule has 0 fully saturated rings. The quantitative estimate of drug-likeness (QED) is 0.509. The second kappa shape index (κ2) is 7.98. The minimum atomic E-state index is -0.484. The Morgan fingerprint density at radius 2 is 1.47 bits per heavy atom. The smallest absolute Gasteiger partial charge is 0.282 e. The molecule has 30 heavy (non-hydrogen) atoms. The lowest BCUT2D eigenvalue weighted by atomic mass is 10.0. The molecule has 2 amide bonds. The highest BCUT2D eigenvalue weighted by molar-refractivity contribution is 6.50. The number of amides is 2. The van der Waals surface area contributed by atoms with Crippen molar-refractivity contribution in [1.82, 2.24) is 0 Å². The third kappa shape index (κ3) is 3.60. The van der Waals surface area contributed by atoms with E-state index >= 15 is 0 Å². The van der Waals surface area contributed by atoms with Gasteiger partial charge in [-0.2, -0.15) is 0 Å². The van der Waals surface area contributed by atoms with Crippen LogP contribution in [-0.4, -0.2) is 11.8 Å². The van der Waals surface area contributed by atoms with Crippen LogP contribution in [0.2, 0.25) is 10.0 Å². The number of hydrogen-bond acceptors (Lipinski definition) is 3. The van der Waals surface area contributed by atoms with Gasteiger partial charge in [0.15, 0.2) is 0 Å². The molecule has 0 radical (unpaired) electrons. The van der Waals surface area contributed by atoms with Crippen molar-refractivity contribution in [3.8, 4) is 0 Å². The SMILES string of the molecule is Cc1cc(C)cc(NC2=C(c3ccccc3)C(=O)N(c3cccc(Cl)c3Cl)C2=O)c1. The Labute approximate surface area is 184 Å². The minimum Gasteiger partial charge on any atom is -0.350 e. The number of hydrogen-bond donors (Lipinski definition) is 1. The highest BCUT2D eigenvalue weighted by Gasteiger charge is 2.41. The fourth-order valence-electron chi connectivity index (χ4n) is 3.59. The van der Waals surface area contributed by atoms with Crippen LogP contribution in [0.4, 0.5) is 11.4 Å². The van der Waals surface area contributed by atoms with Crippen LogP contribution in [0.25, 0.3) is 5.57 Å². The highest BCUT2D eigenvalue weighted by Crippen LogP contribution is 2.39. The third-order valence-electron chi connectivity index (χ3n) is 4.81. The maximum absolute atomic E-state index is 13.4. The second-order valence-electron chi connectivity index (χ2n) is 7.14. The standard InChI is InChI=1S/C24H18Cl2N2O2/c1-14-11-15(2)13-17(12-14)27-22-20(16-7-4-3-5-8-16)23(29)28(24(22)30)19-10-6-9-18(25)21(19)26/h3-13,27H,1-2H3. The molecule has 0 bridgehead atoms. The zero-order chi connectivity index (χ0) is 21.4. The molecule has 3 aromatic rings. The van der Waals surface area contributed by atoms with Crippen molar-refractivity contribution in [2.45, 2.75) is 13.8 Å². The lowest BCUT2D eigenvalue weighted by Crippen LogP contribution is -2.32. The van der Waals surface area contributed by atoms with Crippen molar-refractivity contribution in [2.24, 2.45) is 0 Å². The van der Waals surface area contributed by atoms with Crippen LogP contribution in [0.5, 0.6) is 0 Å². The minimum absolute atomic E-state index is 0.154. The first-order valence-electron chi connectivity index (χ1n) is 9.34. The molecule has 0 saturated carbocycles. The number of carbonyl (C=O) groups excluding carboxylic acids is 2. The number of rotatable bonds is 4. The van der Waals surface area contributed by atoms with Crippen molar-refractivity contribution in [1.29, 1.82) is 0 Å². The van der Waals surface area contributed by atoms with Gasteiger partial charge in [0.05, 0.1) is 21.3 Å². The maximum atomic E-state index is 13.4. The Balaban J connectivity index is 1.86. The van der Waals surface area contributed by atoms with Gasteiger partial charge >= 0.3 is 0 Å². The summed E-state index contributed by atoms with van der Waals surface area (Å²) in [5.41, 5.74) is 4.21. The average molecular weight is 437 g/mol. The molecular weight excluding hydrogens is 419 g/mol. The molecule has 3 aromatic carbocycles. The van der Waals surface area contributed by atoms with Crippen LogP contribution in [0.1, 0.15) is 16.7 Å². The molecule has 4 rings (SSSR count). The molecule has 1 N–H and O–H groups in total. The van der Waals surface area contributed by atoms with Crippen LogP contribution >= 0.6 is 23.2 Å². The molecule has 0 aliphatic carbocycles. The van der Waals surface area contributed by atoms with Gasteiger partial charge in [0.1, 0.15) is 5.70 Å². The normalized spacial score (nSPS) is 13.9. The molecule has 150 valence electrons. The lowest BCUT2D eigenvalue weighted by Gasteiger charge is -2.17. The second-order valence-corrected chi connectivity index (χ2v) is 7.92. The molecule has 1 aliphatic rings. The first-order chi connectivity index (χ1) is 14.4. The van der Waals surface area contributed by atoms with Crippen molar-refractivity contribution in [2.75, 3.05) is 10.2 Å². The number of anilines is 2. The fraction of sp³-hybridized carbons (Fsp3) is 0.0833. The summed E-state index contributed by atoms with van der Waals surface area (Å²) in [6, 6.07) is 19.9. The maximum Gasteiger partial charge on any atom is 0.282 e. The van der Waals surface area contributed by atoms with Crippen LogP contribution in [0, 0.1) is 13.8 Å². The zero-order valence-corrected chi connectivity index (χ0v) is 17.9. The van der Waals surface area contributed by atoms with Gasteiger partial charge in [-0.25, -0.2) is 4.90 Å². The van der Waals surface area contributed by atoms with Gasteiger partial charge in [-0.1, -0.05) is 65.7 Å². The summed E-state index contributed by atoms with van der Waals surface area (Å²) in [5, 5.41) is 3.60. The first-order valence-corrected chi connectivity index (χ1v) is 10.1. The van der Waals surface area contributed by atoms with Gasteiger partial charge in [0.25, 0.3) is 11.8 Å². The Morgan fingerprint density at radius 1 is 0.800 bits per heavy atom. The van der Waals surface area contributed by atoms with Gasteiger partial charge < -0.3 is 5.32 Å². The number of nitrogens with zero attached hydrogens (tertiary/aromatic N) is 1. The topological polar surface area (TPSA) is 49.4 Å². The van der Waals surface area contributed by atoms with Crippen molar-refractivity contribution >= 4 is 52.0 Å². The third-order valence-corrected chi connectivity index (χ3v) is 5.62. The molecule has 0 saturated heterocycles. The van der Waals surface area contributed by atoms with E-state index in [0.717, 1.165) is 21.7 Å². The number of imide groups is 1. The van der Waals surface area contributed by atoms with E-state index in [9.17, 15) is 9.59 Å². The summed E-state index contributed by atoms with van der Waals surface area (Å²) >= 11 is 12.5. The van der Waals surface area contributed by atoms with Crippen LogP contribution in [-0.2, 0) is 9.59 Å². The zero-order valence-electron chi connectivity index (χ0n) is 16.4. The number of halogens is 2. The number of nitrogens with one attached hydrogen (secondary N) is 1. The molecule has 4 nitrogen and oxygen atoms in total. The van der Waals surface area contributed by atoms with E-state index in [1.165, 1.54) is 0 Å². The van der Waals surface area contributed by atoms with Crippen molar-refractivity contribution in [3.05, 3.63) is 99.2 Å². The van der Waals surface area contributed by atoms with Gasteiger partial charge in [0.2, 0.25) is 0 Å². The molecule has 6 heteroatoms. The van der Waals surface area contributed by atoms with Crippen LogP contribution in [0.15, 0.2) is 72.4 Å². The molecule has 0 spiro atoms. The van der Waals surface area contributed by atoms with Gasteiger partial charge in [-0.05, 0) is 54.8 Å². The van der Waals surface area contributed by atoms with Gasteiger partial charge in [-0.3, -0.25) is 9.59 Å². The summed E-state index contributed by atoms with van der Waals surface area (Å²) in [4.78, 5) is 27.9. The van der Waals surface area contributed by atoms with E-state index in [4.69, 9.17) is 23.2 Å². The Morgan fingerprint density at radius 3 is 2.13 bits per heavy atom. The van der Waals surface area contributed by atoms with Gasteiger partial charge in [-0.15, -0.1) is 0 Å². The Hall–Kier alpha value is -3.08. The van der Waals surface area contributed by atoms with E-state index in [0.29, 0.717) is 5.56 Å². The van der Waals surface area contributed by atoms with Crippen LogP contribution < -0.4 is 10.2 Å². The fourth-order valence-corrected chi connectivity index (χ4v) is 3.97. The van der Waals surface area contributed by atoms with E-state index in [2.05, 4.69) is 5.32 Å². The summed E-state index contributed by atoms with van der Waals surface area (Å²) in [5.74, 6) is -0.940. The average Bonchev–Trinajstić information content (AvgIpc) is 2.94. The molecular formula is C24H18Cl2N2O2. The number of benzene rings is 3. The molecule has 0 unspecified atom stereocenters. The largest absolute Gasteiger partial charge is 0.350 e. The van der Waals surface area contributed by atoms with Crippen LogP contribution in [0.3, 0.4) is 0 Å². The first kappa shape index (κ1) is 20.2. The molecule has 1 heterocycles. The van der Waals surface area contributed by atoms with E-state index in [1.807, 2.05) is 50.2 Å². The summed E-state index contributed by atoms with van der Waals surface area (Å²) in [6.07, 6.45) is 0. The Bertz CT molecular complexity index is 1180. The predicted molar refractivity (Wildman–Crippen MR) is 122 cm³/mol. The number of aryl methyl sites for hydroxylation is 2. The lowest BCUT2D eigenvalue weighted by molar-refractivity contribution is -0.120. The summed E-state index contributed by atoms with van der Waals surface area (Å²) in [6.45, 7) is 3.95. The van der Waals surface area contributed by atoms with E-state index in [-0.39, 0.29) is 27.0 Å². The monoisotopic (exact) mass is 436 g/mol. The van der Waals surface area contributed by atoms with E-state index < -0.39 is 11.8 Å². The van der Waals surface area contributed by atoms with Crippen molar-refractivity contribution < 1.29 is 9.59 Å². The summed E-state index contributed by atoms with van der Waals surface area (Å²) < 4.78 is 0. The Kier molecular flexibility index (Phi) is 5.37. The van der Waals surface area contributed by atoms with Gasteiger partial charge in [0, 0.05) is 5.69 Å².